The van der Waals surface area contributed by atoms with E-state index in [1.165, 1.54) is 0 Å². The molecule has 2 N–H and O–H groups in total. The molecule has 2 rings (SSSR count). The van der Waals surface area contributed by atoms with E-state index in [-0.39, 0.29) is 0 Å². The molecule has 0 bridgehead atoms. The zero-order valence-electron chi connectivity index (χ0n) is 17.4. The number of ether oxygens (including phenoxy) is 2. The zero-order valence-corrected chi connectivity index (χ0v) is 18.3. The van der Waals surface area contributed by atoms with E-state index in [0.717, 1.165) is 28.1 Å². The van der Waals surface area contributed by atoms with Crippen LogP contribution in [0.3, 0.4) is 0 Å². The van der Waals surface area contributed by atoms with Crippen molar-refractivity contribution in [3.8, 4) is 23.0 Å². The number of hydrogen-bond donors (Lipinski definition) is 2. The van der Waals surface area contributed by atoms with E-state index in [2.05, 4.69) is 0 Å². The minimum Gasteiger partial charge on any atom is -0.501 e. The Morgan fingerprint density at radius 2 is 1.12 bits per heavy atom. The van der Waals surface area contributed by atoms with Gasteiger partial charge in [0.15, 0.2) is 11.6 Å². The lowest BCUT2D eigenvalue weighted by atomic mass is 10.1. The summed E-state index contributed by atoms with van der Waals surface area (Å²) in [5.74, 6) is -6.16. The Hall–Kier alpha value is -4.27. The molecule has 0 atom stereocenters. The van der Waals surface area contributed by atoms with Gasteiger partial charge in [0, 0.05) is 0 Å². The number of phenolic OH excluding ortho intramolecular Hbond substituents is 2. The van der Waals surface area contributed by atoms with Gasteiger partial charge in [-0.25, -0.2) is 8.42 Å². The third-order valence-corrected chi connectivity index (χ3v) is 6.26. The van der Waals surface area contributed by atoms with Gasteiger partial charge in [0.1, 0.15) is 9.79 Å². The fourth-order valence-electron chi connectivity index (χ4n) is 3.02. The molecule has 0 saturated carbocycles. The van der Waals surface area contributed by atoms with Gasteiger partial charge in [-0.05, 0) is 26.0 Å². The molecule has 0 radical (unpaired) electrons. The Kier molecular flexibility index (Phi) is 6.59. The minimum absolute atomic E-state index is 0.588. The van der Waals surface area contributed by atoms with Gasteiger partial charge in [-0.1, -0.05) is 0 Å². The summed E-state index contributed by atoms with van der Waals surface area (Å²) in [4.78, 5) is 42.4. The van der Waals surface area contributed by atoms with Crippen LogP contribution in [0.4, 0.5) is 11.4 Å². The molecule has 15 heteroatoms. The van der Waals surface area contributed by atoms with Gasteiger partial charge in [-0.15, -0.1) is 0 Å². The van der Waals surface area contributed by atoms with E-state index >= 15 is 0 Å². The Balaban J connectivity index is 3.17. The summed E-state index contributed by atoms with van der Waals surface area (Å²) >= 11 is 0. The van der Waals surface area contributed by atoms with E-state index in [1.807, 2.05) is 0 Å². The van der Waals surface area contributed by atoms with Crippen molar-refractivity contribution in [3.63, 3.8) is 0 Å². The highest BCUT2D eigenvalue weighted by molar-refractivity contribution is 7.91. The van der Waals surface area contributed by atoms with Crippen LogP contribution in [-0.2, 0) is 9.84 Å². The maximum atomic E-state index is 13.5. The van der Waals surface area contributed by atoms with Crippen LogP contribution in [0.25, 0.3) is 0 Å². The number of phenols is 2. The Bertz CT molecular complexity index is 1240. The molecule has 2 aromatic rings. The largest absolute Gasteiger partial charge is 0.501 e. The molecule has 0 unspecified atom stereocenters. The molecule has 2 aromatic carbocycles. The summed E-state index contributed by atoms with van der Waals surface area (Å²) in [6, 6.07) is 1.18. The highest BCUT2D eigenvalue weighted by atomic mass is 32.2. The maximum Gasteiger partial charge on any atom is 0.354 e. The monoisotopic (exact) mass is 484 g/mol. The summed E-state index contributed by atoms with van der Waals surface area (Å²) in [6.45, 7) is 1.81. The van der Waals surface area contributed by atoms with E-state index in [1.54, 1.807) is 0 Å². The number of benzene rings is 2. The smallest absolute Gasteiger partial charge is 0.354 e. The first-order valence-electron chi connectivity index (χ1n) is 8.65. The number of aromatic hydroxyl groups is 2. The van der Waals surface area contributed by atoms with Gasteiger partial charge in [0.2, 0.25) is 32.8 Å². The van der Waals surface area contributed by atoms with E-state index in [0.29, 0.717) is 12.1 Å². The molecule has 176 valence electrons. The van der Waals surface area contributed by atoms with Gasteiger partial charge in [0.25, 0.3) is 0 Å². The number of nitrogens with zero attached hydrogens (tertiary/aromatic N) is 2. The van der Waals surface area contributed by atoms with Gasteiger partial charge >= 0.3 is 11.4 Å². The van der Waals surface area contributed by atoms with Crippen molar-refractivity contribution in [2.24, 2.45) is 0 Å². The average Bonchev–Trinajstić information content (AvgIpc) is 2.70. The van der Waals surface area contributed by atoms with Crippen molar-refractivity contribution < 1.29 is 47.5 Å². The van der Waals surface area contributed by atoms with Crippen LogP contribution in [0, 0.1) is 20.2 Å². The van der Waals surface area contributed by atoms with E-state index in [4.69, 9.17) is 9.47 Å². The fourth-order valence-corrected chi connectivity index (χ4v) is 4.65. The first kappa shape index (κ1) is 25.0. The summed E-state index contributed by atoms with van der Waals surface area (Å²) < 4.78 is 36.7. The predicted molar refractivity (Wildman–Crippen MR) is 108 cm³/mol. The molecule has 0 amide bonds. The number of carbonyl (C=O) groups is 2. The summed E-state index contributed by atoms with van der Waals surface area (Å²) in [5.41, 5.74) is -3.99. The van der Waals surface area contributed by atoms with Gasteiger partial charge in [-0.2, -0.15) is 0 Å². The fraction of sp³-hybridized carbons (Fsp3) is 0.222. The number of carbonyl (C=O) groups excluding carboxylic acids is 2. The lowest BCUT2D eigenvalue weighted by Crippen LogP contribution is -2.12. The molecular weight excluding hydrogens is 468 g/mol. The van der Waals surface area contributed by atoms with Crippen molar-refractivity contribution >= 4 is 32.8 Å². The third-order valence-electron chi connectivity index (χ3n) is 4.50. The topological polar surface area (TPSA) is 213 Å². The number of methoxy groups -OCH3 is 2. The van der Waals surface area contributed by atoms with Crippen LogP contribution < -0.4 is 9.47 Å². The number of nitro benzene ring substituents is 2. The lowest BCUT2D eigenvalue weighted by molar-refractivity contribution is -0.387. The summed E-state index contributed by atoms with van der Waals surface area (Å²) in [6.07, 6.45) is 0. The second-order valence-electron chi connectivity index (χ2n) is 6.44. The molecule has 0 aromatic heterocycles. The van der Waals surface area contributed by atoms with Crippen LogP contribution in [0.1, 0.15) is 34.6 Å². The van der Waals surface area contributed by atoms with Crippen molar-refractivity contribution in [1.82, 2.24) is 0 Å². The number of rotatable bonds is 8. The predicted octanol–water partition coefficient (Wildman–Crippen LogP) is 2.17. The highest BCUT2D eigenvalue weighted by Crippen LogP contribution is 2.49. The van der Waals surface area contributed by atoms with Gasteiger partial charge in [0.05, 0.1) is 35.2 Å². The molecular formula is C18H16N2O12S. The molecule has 0 spiro atoms. The molecule has 14 nitrogen and oxygen atoms in total. The molecule has 33 heavy (non-hydrogen) atoms. The van der Waals surface area contributed by atoms with Crippen LogP contribution >= 0.6 is 0 Å². The number of nitro groups is 2. The van der Waals surface area contributed by atoms with Crippen molar-refractivity contribution in [1.29, 1.82) is 0 Å². The summed E-state index contributed by atoms with van der Waals surface area (Å²) in [7, 11) is -3.36. The van der Waals surface area contributed by atoms with Gasteiger partial charge in [-0.3, -0.25) is 29.8 Å². The minimum atomic E-state index is -5.07. The quantitative estimate of drug-likeness (QED) is 0.313. The Morgan fingerprint density at radius 3 is 1.33 bits per heavy atom. The lowest BCUT2D eigenvalue weighted by Gasteiger charge is -2.16. The molecule has 0 fully saturated rings. The summed E-state index contributed by atoms with van der Waals surface area (Å²) in [5, 5.41) is 43.3. The molecule has 0 saturated heterocycles. The number of hydrogen-bond acceptors (Lipinski definition) is 12. The zero-order chi connectivity index (χ0) is 25.4. The van der Waals surface area contributed by atoms with Crippen molar-refractivity contribution in [2.75, 3.05) is 14.2 Å². The molecule has 0 aliphatic carbocycles. The average molecular weight is 484 g/mol. The van der Waals surface area contributed by atoms with Gasteiger partial charge < -0.3 is 19.7 Å². The number of Topliss-reactive ketones (excluding diaryl/α,β-unsaturated/α-hetero) is 2. The first-order valence-corrected chi connectivity index (χ1v) is 10.1. The van der Waals surface area contributed by atoms with E-state index < -0.39 is 86.5 Å². The van der Waals surface area contributed by atoms with Crippen LogP contribution in [-0.4, -0.2) is 54.3 Å². The maximum absolute atomic E-state index is 13.5. The van der Waals surface area contributed by atoms with Crippen LogP contribution in [0.2, 0.25) is 0 Å². The number of sulfone groups is 1. The molecule has 0 aliphatic heterocycles. The van der Waals surface area contributed by atoms with Crippen LogP contribution in [0.5, 0.6) is 23.0 Å². The Morgan fingerprint density at radius 1 is 0.818 bits per heavy atom. The van der Waals surface area contributed by atoms with Crippen molar-refractivity contribution in [2.45, 2.75) is 23.6 Å². The molecule has 0 heterocycles. The molecule has 0 aliphatic rings. The normalized spacial score (nSPS) is 11.0. The highest BCUT2D eigenvalue weighted by Gasteiger charge is 2.40. The Labute approximate surface area is 185 Å². The standard InChI is InChI=1S/C18H16N2O12S/c1-7(21)9-5-11(17(31-3)13(15(9)23)19(25)26)33(29,30)12-6-10(8(2)22)16(24)14(20(27)28)18(12)32-4/h5-6,23-24H,1-4H3. The third kappa shape index (κ3) is 4.00. The van der Waals surface area contributed by atoms with Crippen LogP contribution in [0.15, 0.2) is 21.9 Å². The number of ketones is 2. The van der Waals surface area contributed by atoms with E-state index in [9.17, 15) is 48.4 Å². The second-order valence-corrected chi connectivity index (χ2v) is 8.32. The second kappa shape index (κ2) is 8.70. The van der Waals surface area contributed by atoms with Crippen molar-refractivity contribution in [3.05, 3.63) is 43.5 Å². The SMILES string of the molecule is COc1c(S(=O)(=O)c2cc(C(C)=O)c(O)c([N+](=O)[O-])c2OC)cc(C(C)=O)c(O)c1[N+](=O)[O-]. The first-order chi connectivity index (χ1) is 15.2.